The van der Waals surface area contributed by atoms with Crippen molar-refractivity contribution in [3.63, 3.8) is 0 Å². The standard InChI is InChI=1S/C22H17/c1-15-13-18-8-3-4-9-19(18)14-22(15)21-12-11-17-7-5-6-10-20(17)16(21)2/h4-14H,1-2H3. The molecule has 0 aliphatic rings. The molecule has 0 saturated heterocycles. The summed E-state index contributed by atoms with van der Waals surface area (Å²) in [6.07, 6.45) is 0. The summed E-state index contributed by atoms with van der Waals surface area (Å²) in [6.45, 7) is 4.41. The molecule has 22 heavy (non-hydrogen) atoms. The van der Waals surface area contributed by atoms with E-state index in [1.165, 1.54) is 43.8 Å². The van der Waals surface area contributed by atoms with Crippen LogP contribution in [-0.4, -0.2) is 0 Å². The normalized spacial score (nSPS) is 11.2. The topological polar surface area (TPSA) is 0 Å². The van der Waals surface area contributed by atoms with Gasteiger partial charge in [0.1, 0.15) is 0 Å². The molecule has 0 N–H and O–H groups in total. The van der Waals surface area contributed by atoms with E-state index in [0.717, 1.165) is 0 Å². The van der Waals surface area contributed by atoms with E-state index in [-0.39, 0.29) is 0 Å². The van der Waals surface area contributed by atoms with Crippen LogP contribution in [0.1, 0.15) is 11.1 Å². The Balaban J connectivity index is 2.02. The Hall–Kier alpha value is -2.60. The molecule has 0 aromatic heterocycles. The van der Waals surface area contributed by atoms with Crippen molar-refractivity contribution in [2.75, 3.05) is 0 Å². The first-order valence-electron chi connectivity index (χ1n) is 7.63. The van der Waals surface area contributed by atoms with Gasteiger partial charge in [-0.05, 0) is 75.8 Å². The van der Waals surface area contributed by atoms with Gasteiger partial charge in [-0.3, -0.25) is 0 Å². The number of rotatable bonds is 1. The maximum Gasteiger partial charge on any atom is -0.0145 e. The number of hydrogen-bond acceptors (Lipinski definition) is 0. The average molecular weight is 281 g/mol. The first-order valence-corrected chi connectivity index (χ1v) is 7.63. The van der Waals surface area contributed by atoms with E-state index in [0.29, 0.717) is 0 Å². The van der Waals surface area contributed by atoms with Gasteiger partial charge in [0.05, 0.1) is 0 Å². The highest BCUT2D eigenvalue weighted by atomic mass is 14.1. The Morgan fingerprint density at radius 1 is 0.727 bits per heavy atom. The summed E-state index contributed by atoms with van der Waals surface area (Å²) >= 11 is 0. The molecule has 0 fully saturated rings. The second-order valence-electron chi connectivity index (χ2n) is 5.90. The van der Waals surface area contributed by atoms with Gasteiger partial charge in [0.2, 0.25) is 0 Å². The van der Waals surface area contributed by atoms with Gasteiger partial charge in [0.15, 0.2) is 0 Å². The molecule has 4 rings (SSSR count). The first-order chi connectivity index (χ1) is 10.7. The molecule has 1 radical (unpaired) electrons. The number of aryl methyl sites for hydroxylation is 2. The zero-order chi connectivity index (χ0) is 15.1. The second kappa shape index (κ2) is 4.99. The molecule has 0 spiro atoms. The SMILES string of the molecule is Cc1cc2c[c]ccc2cc1-c1ccc2ccccc2c1C. The summed E-state index contributed by atoms with van der Waals surface area (Å²) in [5.74, 6) is 0. The van der Waals surface area contributed by atoms with Crippen LogP contribution in [0.25, 0.3) is 32.7 Å². The van der Waals surface area contributed by atoms with Crippen LogP contribution in [0.5, 0.6) is 0 Å². The van der Waals surface area contributed by atoms with Crippen LogP contribution in [0.15, 0.2) is 66.7 Å². The van der Waals surface area contributed by atoms with Crippen molar-refractivity contribution < 1.29 is 0 Å². The smallest absolute Gasteiger partial charge is 0.0145 e. The largest absolute Gasteiger partial charge is 0.0616 e. The van der Waals surface area contributed by atoms with Crippen molar-refractivity contribution in [3.05, 3.63) is 83.9 Å². The summed E-state index contributed by atoms with van der Waals surface area (Å²) < 4.78 is 0. The number of benzene rings is 4. The van der Waals surface area contributed by atoms with Gasteiger partial charge in [0.25, 0.3) is 0 Å². The molecule has 4 aromatic rings. The van der Waals surface area contributed by atoms with E-state index in [4.69, 9.17) is 0 Å². The third-order valence-corrected chi connectivity index (χ3v) is 4.52. The third kappa shape index (κ3) is 2.00. The zero-order valence-corrected chi connectivity index (χ0v) is 12.9. The highest BCUT2D eigenvalue weighted by Gasteiger charge is 2.09. The molecule has 0 heteroatoms. The predicted molar refractivity (Wildman–Crippen MR) is 95.2 cm³/mol. The molecule has 0 nitrogen and oxygen atoms in total. The highest BCUT2D eigenvalue weighted by molar-refractivity contribution is 5.95. The Morgan fingerprint density at radius 3 is 2.50 bits per heavy atom. The van der Waals surface area contributed by atoms with Crippen LogP contribution in [0.4, 0.5) is 0 Å². The van der Waals surface area contributed by atoms with Crippen molar-refractivity contribution in [2.24, 2.45) is 0 Å². The van der Waals surface area contributed by atoms with E-state index in [1.807, 2.05) is 6.07 Å². The first kappa shape index (κ1) is 13.1. The summed E-state index contributed by atoms with van der Waals surface area (Å²) in [4.78, 5) is 0. The van der Waals surface area contributed by atoms with Crippen LogP contribution in [0.3, 0.4) is 0 Å². The predicted octanol–water partition coefficient (Wildman–Crippen LogP) is 6.08. The van der Waals surface area contributed by atoms with E-state index in [1.54, 1.807) is 0 Å². The van der Waals surface area contributed by atoms with E-state index >= 15 is 0 Å². The second-order valence-corrected chi connectivity index (χ2v) is 5.90. The molecule has 0 heterocycles. The average Bonchev–Trinajstić information content (AvgIpc) is 2.55. The van der Waals surface area contributed by atoms with Crippen LogP contribution < -0.4 is 0 Å². The zero-order valence-electron chi connectivity index (χ0n) is 12.9. The molecule has 0 aliphatic carbocycles. The molecule has 105 valence electrons. The summed E-state index contributed by atoms with van der Waals surface area (Å²) in [5, 5.41) is 5.16. The molecule has 0 unspecified atom stereocenters. The van der Waals surface area contributed by atoms with Crippen LogP contribution in [-0.2, 0) is 0 Å². The lowest BCUT2D eigenvalue weighted by atomic mass is 9.91. The molecule has 0 saturated carbocycles. The third-order valence-electron chi connectivity index (χ3n) is 4.52. The lowest BCUT2D eigenvalue weighted by Gasteiger charge is -2.13. The Bertz CT molecular complexity index is 987. The van der Waals surface area contributed by atoms with Gasteiger partial charge in [-0.15, -0.1) is 0 Å². The fourth-order valence-electron chi connectivity index (χ4n) is 3.30. The fraction of sp³-hybridized carbons (Fsp3) is 0.0909. The number of hydrogen-bond donors (Lipinski definition) is 0. The molecule has 0 amide bonds. The minimum absolute atomic E-state index is 1.25. The number of fused-ring (bicyclic) bond motifs is 2. The Labute approximate surface area is 131 Å². The van der Waals surface area contributed by atoms with Gasteiger partial charge < -0.3 is 0 Å². The van der Waals surface area contributed by atoms with Gasteiger partial charge >= 0.3 is 0 Å². The highest BCUT2D eigenvalue weighted by Crippen LogP contribution is 2.33. The molecule has 4 aromatic carbocycles. The maximum absolute atomic E-state index is 3.16. The van der Waals surface area contributed by atoms with E-state index < -0.39 is 0 Å². The van der Waals surface area contributed by atoms with Gasteiger partial charge in [-0.2, -0.15) is 0 Å². The Morgan fingerprint density at radius 2 is 1.59 bits per heavy atom. The minimum Gasteiger partial charge on any atom is -0.0616 e. The molecular formula is C22H17. The molecule has 0 atom stereocenters. The Kier molecular flexibility index (Phi) is 2.97. The maximum atomic E-state index is 3.16. The molecule has 0 aliphatic heterocycles. The fourth-order valence-corrected chi connectivity index (χ4v) is 3.30. The van der Waals surface area contributed by atoms with Gasteiger partial charge in [0, 0.05) is 0 Å². The van der Waals surface area contributed by atoms with Crippen molar-refractivity contribution >= 4 is 21.5 Å². The van der Waals surface area contributed by atoms with Crippen LogP contribution in [0.2, 0.25) is 0 Å². The van der Waals surface area contributed by atoms with Gasteiger partial charge in [-0.25, -0.2) is 0 Å². The van der Waals surface area contributed by atoms with Crippen molar-refractivity contribution in [3.8, 4) is 11.1 Å². The van der Waals surface area contributed by atoms with Crippen molar-refractivity contribution in [2.45, 2.75) is 13.8 Å². The summed E-state index contributed by atoms with van der Waals surface area (Å²) in [7, 11) is 0. The van der Waals surface area contributed by atoms with Gasteiger partial charge in [-0.1, -0.05) is 54.6 Å². The van der Waals surface area contributed by atoms with Crippen LogP contribution >= 0.6 is 0 Å². The lowest BCUT2D eigenvalue weighted by molar-refractivity contribution is 1.45. The minimum atomic E-state index is 1.25. The molecule has 0 bridgehead atoms. The summed E-state index contributed by atoms with van der Waals surface area (Å²) in [6, 6.07) is 27.0. The van der Waals surface area contributed by atoms with E-state index in [9.17, 15) is 0 Å². The molecular weight excluding hydrogens is 264 g/mol. The van der Waals surface area contributed by atoms with Crippen molar-refractivity contribution in [1.82, 2.24) is 0 Å². The quantitative estimate of drug-likeness (QED) is 0.397. The lowest BCUT2D eigenvalue weighted by Crippen LogP contribution is -1.89. The van der Waals surface area contributed by atoms with E-state index in [2.05, 4.69) is 80.6 Å². The summed E-state index contributed by atoms with van der Waals surface area (Å²) in [5.41, 5.74) is 5.31. The monoisotopic (exact) mass is 281 g/mol. The van der Waals surface area contributed by atoms with Crippen LogP contribution in [0, 0.1) is 19.9 Å². The van der Waals surface area contributed by atoms with Crippen molar-refractivity contribution in [1.29, 1.82) is 0 Å².